The van der Waals surface area contributed by atoms with E-state index in [0.29, 0.717) is 0 Å². The number of likely N-dealkylation sites (tertiary alicyclic amines) is 1. The molecular formula is C17H27N3. The monoisotopic (exact) mass is 273 g/mol. The van der Waals surface area contributed by atoms with Gasteiger partial charge in [0.25, 0.3) is 0 Å². The Balaban J connectivity index is 1.52. The molecule has 0 aliphatic carbocycles. The van der Waals surface area contributed by atoms with E-state index in [4.69, 9.17) is 0 Å². The van der Waals surface area contributed by atoms with E-state index >= 15 is 0 Å². The first kappa shape index (κ1) is 14.1. The van der Waals surface area contributed by atoms with E-state index in [1.165, 1.54) is 56.8 Å². The molecule has 1 unspecified atom stereocenters. The molecule has 0 saturated carbocycles. The van der Waals surface area contributed by atoms with Crippen LogP contribution in [0.5, 0.6) is 0 Å². The molecule has 0 amide bonds. The van der Waals surface area contributed by atoms with Crippen molar-refractivity contribution in [2.24, 2.45) is 0 Å². The van der Waals surface area contributed by atoms with Gasteiger partial charge < -0.3 is 4.90 Å². The Morgan fingerprint density at radius 1 is 1.05 bits per heavy atom. The molecule has 1 aromatic carbocycles. The fraction of sp³-hybridized carbons (Fsp3) is 0.647. The zero-order chi connectivity index (χ0) is 13.9. The minimum atomic E-state index is 0.738. The summed E-state index contributed by atoms with van der Waals surface area (Å²) in [5.74, 6) is 0.738. The third kappa shape index (κ3) is 3.40. The Bertz CT molecular complexity index is 438. The number of benzene rings is 1. The van der Waals surface area contributed by atoms with Gasteiger partial charge in [0.05, 0.1) is 6.67 Å². The third-order valence-corrected chi connectivity index (χ3v) is 4.78. The first-order valence-electron chi connectivity index (χ1n) is 7.90. The average molecular weight is 273 g/mol. The van der Waals surface area contributed by atoms with Gasteiger partial charge in [-0.3, -0.25) is 9.80 Å². The molecule has 0 N–H and O–H groups in total. The van der Waals surface area contributed by atoms with E-state index in [9.17, 15) is 0 Å². The van der Waals surface area contributed by atoms with Crippen molar-refractivity contribution in [1.29, 1.82) is 0 Å². The summed E-state index contributed by atoms with van der Waals surface area (Å²) in [6.45, 7) is 10.7. The van der Waals surface area contributed by atoms with Gasteiger partial charge in [0.15, 0.2) is 0 Å². The molecule has 3 rings (SSSR count). The summed E-state index contributed by atoms with van der Waals surface area (Å²) in [5.41, 5.74) is 2.92. The lowest BCUT2D eigenvalue weighted by Crippen LogP contribution is -2.48. The molecule has 1 aromatic rings. The topological polar surface area (TPSA) is 9.72 Å². The number of aryl methyl sites for hydroxylation is 1. The summed E-state index contributed by atoms with van der Waals surface area (Å²) in [5, 5.41) is 0. The second-order valence-electron chi connectivity index (χ2n) is 6.54. The molecule has 1 atom stereocenters. The lowest BCUT2D eigenvalue weighted by molar-refractivity contribution is 0.0952. The van der Waals surface area contributed by atoms with Crippen molar-refractivity contribution in [1.82, 2.24) is 14.7 Å². The summed E-state index contributed by atoms with van der Waals surface area (Å²) < 4.78 is 0. The van der Waals surface area contributed by atoms with Gasteiger partial charge in [-0.25, -0.2) is 0 Å². The first-order valence-corrected chi connectivity index (χ1v) is 7.90. The summed E-state index contributed by atoms with van der Waals surface area (Å²) in [7, 11) is 2.22. The number of likely N-dealkylation sites (N-methyl/N-ethyl adjacent to an activating group) is 1. The van der Waals surface area contributed by atoms with Crippen LogP contribution in [0.3, 0.4) is 0 Å². The van der Waals surface area contributed by atoms with Gasteiger partial charge >= 0.3 is 0 Å². The maximum absolute atomic E-state index is 2.64. The number of hydrogen-bond donors (Lipinski definition) is 0. The summed E-state index contributed by atoms with van der Waals surface area (Å²) in [6, 6.07) is 9.06. The van der Waals surface area contributed by atoms with Crippen LogP contribution in [-0.2, 0) is 0 Å². The fourth-order valence-corrected chi connectivity index (χ4v) is 3.43. The highest BCUT2D eigenvalue weighted by atomic mass is 15.3. The summed E-state index contributed by atoms with van der Waals surface area (Å²) in [6.07, 6.45) is 1.32. The van der Waals surface area contributed by atoms with Crippen molar-refractivity contribution in [3.63, 3.8) is 0 Å². The standard InChI is InChI=1S/C17H27N3/c1-15-4-3-5-16(12-15)17-6-7-20(13-17)14-19-10-8-18(2)9-11-19/h3-5,12,17H,6-11,13-14H2,1-2H3. The van der Waals surface area contributed by atoms with Crippen LogP contribution < -0.4 is 0 Å². The molecule has 2 heterocycles. The zero-order valence-electron chi connectivity index (χ0n) is 12.9. The predicted octanol–water partition coefficient (Wildman–Crippen LogP) is 1.99. The molecule has 0 radical (unpaired) electrons. The predicted molar refractivity (Wildman–Crippen MR) is 84.0 cm³/mol. The Morgan fingerprint density at radius 2 is 1.85 bits per heavy atom. The second kappa shape index (κ2) is 6.25. The van der Waals surface area contributed by atoms with Crippen LogP contribution in [0.15, 0.2) is 24.3 Å². The second-order valence-corrected chi connectivity index (χ2v) is 6.54. The van der Waals surface area contributed by atoms with Crippen molar-refractivity contribution < 1.29 is 0 Å². The Hall–Kier alpha value is -0.900. The van der Waals surface area contributed by atoms with Crippen molar-refractivity contribution in [3.05, 3.63) is 35.4 Å². The minimum Gasteiger partial charge on any atom is -0.304 e. The minimum absolute atomic E-state index is 0.738. The maximum Gasteiger partial charge on any atom is 0.0507 e. The molecule has 3 nitrogen and oxygen atoms in total. The van der Waals surface area contributed by atoms with Crippen LogP contribution in [0.4, 0.5) is 0 Å². The van der Waals surface area contributed by atoms with Crippen molar-refractivity contribution in [2.75, 3.05) is 53.0 Å². The number of rotatable bonds is 3. The lowest BCUT2D eigenvalue weighted by Gasteiger charge is -2.34. The van der Waals surface area contributed by atoms with E-state index < -0.39 is 0 Å². The highest BCUT2D eigenvalue weighted by Crippen LogP contribution is 2.27. The van der Waals surface area contributed by atoms with Gasteiger partial charge in [0, 0.05) is 39.3 Å². The third-order valence-electron chi connectivity index (χ3n) is 4.78. The van der Waals surface area contributed by atoms with Crippen LogP contribution in [0.1, 0.15) is 23.5 Å². The molecule has 2 fully saturated rings. The van der Waals surface area contributed by atoms with Crippen LogP contribution in [-0.4, -0.2) is 67.7 Å². The highest BCUT2D eigenvalue weighted by Gasteiger charge is 2.25. The van der Waals surface area contributed by atoms with Gasteiger partial charge in [0.1, 0.15) is 0 Å². The van der Waals surface area contributed by atoms with Gasteiger partial charge in [0.2, 0.25) is 0 Å². The molecule has 2 saturated heterocycles. The molecule has 2 aliphatic rings. The SMILES string of the molecule is Cc1cccc(C2CCN(CN3CCN(C)CC3)C2)c1. The maximum atomic E-state index is 2.64. The normalized spacial score (nSPS) is 26.2. The van der Waals surface area contributed by atoms with Gasteiger partial charge in [-0.2, -0.15) is 0 Å². The molecule has 110 valence electrons. The van der Waals surface area contributed by atoms with Gasteiger partial charge in [-0.1, -0.05) is 29.8 Å². The Morgan fingerprint density at radius 3 is 2.60 bits per heavy atom. The van der Waals surface area contributed by atoms with E-state index in [1.807, 2.05) is 0 Å². The van der Waals surface area contributed by atoms with E-state index in [2.05, 4.69) is 52.9 Å². The molecule has 2 aliphatic heterocycles. The smallest absolute Gasteiger partial charge is 0.0507 e. The molecular weight excluding hydrogens is 246 g/mol. The van der Waals surface area contributed by atoms with Crippen LogP contribution >= 0.6 is 0 Å². The van der Waals surface area contributed by atoms with Crippen molar-refractivity contribution in [3.8, 4) is 0 Å². The molecule has 0 aromatic heterocycles. The van der Waals surface area contributed by atoms with Gasteiger partial charge in [-0.05, 0) is 31.9 Å². The number of hydrogen-bond acceptors (Lipinski definition) is 3. The summed E-state index contributed by atoms with van der Waals surface area (Å²) >= 11 is 0. The molecule has 0 bridgehead atoms. The van der Waals surface area contributed by atoms with Crippen molar-refractivity contribution >= 4 is 0 Å². The Labute approximate surface area is 123 Å². The van der Waals surface area contributed by atoms with E-state index in [-0.39, 0.29) is 0 Å². The molecule has 0 spiro atoms. The van der Waals surface area contributed by atoms with Crippen molar-refractivity contribution in [2.45, 2.75) is 19.3 Å². The highest BCUT2D eigenvalue weighted by molar-refractivity contribution is 5.26. The fourth-order valence-electron chi connectivity index (χ4n) is 3.43. The number of nitrogens with zero attached hydrogens (tertiary/aromatic N) is 3. The van der Waals surface area contributed by atoms with Gasteiger partial charge in [-0.15, -0.1) is 0 Å². The summed E-state index contributed by atoms with van der Waals surface area (Å²) in [4.78, 5) is 7.67. The van der Waals surface area contributed by atoms with Crippen LogP contribution in [0, 0.1) is 6.92 Å². The molecule has 3 heteroatoms. The average Bonchev–Trinajstić information content (AvgIpc) is 2.90. The number of piperazine rings is 1. The Kier molecular flexibility index (Phi) is 4.39. The van der Waals surface area contributed by atoms with Crippen LogP contribution in [0.25, 0.3) is 0 Å². The van der Waals surface area contributed by atoms with E-state index in [1.54, 1.807) is 0 Å². The zero-order valence-corrected chi connectivity index (χ0v) is 12.9. The largest absolute Gasteiger partial charge is 0.304 e. The van der Waals surface area contributed by atoms with E-state index in [0.717, 1.165) is 12.6 Å². The van der Waals surface area contributed by atoms with Crippen LogP contribution in [0.2, 0.25) is 0 Å². The lowest BCUT2D eigenvalue weighted by atomic mass is 9.97. The molecule has 20 heavy (non-hydrogen) atoms. The quantitative estimate of drug-likeness (QED) is 0.834. The first-order chi connectivity index (χ1) is 9.70.